The van der Waals surface area contributed by atoms with Crippen LogP contribution in [0.2, 0.25) is 0 Å². The number of benzene rings is 1. The van der Waals surface area contributed by atoms with Crippen LogP contribution in [0.4, 0.5) is 0 Å². The van der Waals surface area contributed by atoms with Gasteiger partial charge in [-0.3, -0.25) is 9.79 Å². The lowest BCUT2D eigenvalue weighted by molar-refractivity contribution is -0.132. The Morgan fingerprint density at radius 1 is 1.28 bits per heavy atom. The number of aliphatic imine (C=N–C) groups is 1. The van der Waals surface area contributed by atoms with Gasteiger partial charge in [0.15, 0.2) is 0 Å². The topological polar surface area (TPSA) is 45.8 Å². The predicted octanol–water partition coefficient (Wildman–Crippen LogP) is 4.49. The van der Waals surface area contributed by atoms with Crippen LogP contribution in [0, 0.1) is 0 Å². The third-order valence-electron chi connectivity index (χ3n) is 4.83. The van der Waals surface area contributed by atoms with Crippen molar-refractivity contribution in [1.82, 2.24) is 4.90 Å². The molecule has 1 fully saturated rings. The summed E-state index contributed by atoms with van der Waals surface area (Å²) in [4.78, 5) is 19.8. The normalized spacial score (nSPS) is 19.2. The average molecular weight is 354 g/mol. The second-order valence-corrected chi connectivity index (χ2v) is 7.61. The summed E-state index contributed by atoms with van der Waals surface area (Å²) < 4.78 is 5.67. The zero-order chi connectivity index (χ0) is 17.1. The van der Waals surface area contributed by atoms with Crippen LogP contribution in [0.15, 0.2) is 38.8 Å². The Morgan fingerprint density at radius 3 is 2.96 bits per heavy atom. The number of furan rings is 1. The molecule has 0 unspecified atom stereocenters. The first-order chi connectivity index (χ1) is 12.3. The predicted molar refractivity (Wildman–Crippen MR) is 104 cm³/mol. The van der Waals surface area contributed by atoms with E-state index < -0.39 is 0 Å². The zero-order valence-electron chi connectivity index (χ0n) is 14.2. The van der Waals surface area contributed by atoms with E-state index in [-0.39, 0.29) is 5.91 Å². The number of allylic oxidation sites excluding steroid dienone is 1. The molecule has 130 valence electrons. The number of rotatable bonds is 4. The van der Waals surface area contributed by atoms with Gasteiger partial charge in [-0.05, 0) is 55.0 Å². The van der Waals surface area contributed by atoms with Crippen LogP contribution in [-0.4, -0.2) is 36.0 Å². The van der Waals surface area contributed by atoms with Crippen molar-refractivity contribution in [2.45, 2.75) is 32.1 Å². The summed E-state index contributed by atoms with van der Waals surface area (Å²) >= 11 is 1.74. The number of aryl methyl sites for hydroxylation is 1. The van der Waals surface area contributed by atoms with Gasteiger partial charge in [-0.25, -0.2) is 0 Å². The smallest absolute Gasteiger partial charge is 0.222 e. The molecule has 0 bridgehead atoms. The number of carbonyl (C=O) groups excluding carboxylic acids is 1. The maximum Gasteiger partial charge on any atom is 0.222 e. The summed E-state index contributed by atoms with van der Waals surface area (Å²) in [5.74, 6) is 1.08. The van der Waals surface area contributed by atoms with Crippen LogP contribution in [-0.2, 0) is 11.2 Å². The van der Waals surface area contributed by atoms with Crippen LogP contribution in [0.3, 0.4) is 0 Å². The number of nitrogens with zero attached hydrogens (tertiary/aromatic N) is 2. The first kappa shape index (κ1) is 16.5. The maximum atomic E-state index is 12.4. The average Bonchev–Trinajstić information content (AvgIpc) is 3.30. The Kier molecular flexibility index (Phi) is 4.92. The van der Waals surface area contributed by atoms with E-state index in [0.717, 1.165) is 60.3 Å². The highest BCUT2D eigenvalue weighted by Crippen LogP contribution is 2.27. The van der Waals surface area contributed by atoms with Gasteiger partial charge in [-0.15, -0.1) is 11.8 Å². The minimum atomic E-state index is 0.269. The van der Waals surface area contributed by atoms with Gasteiger partial charge >= 0.3 is 0 Å². The molecule has 4 nitrogen and oxygen atoms in total. The van der Waals surface area contributed by atoms with E-state index in [1.807, 2.05) is 17.2 Å². The molecule has 0 aliphatic carbocycles. The molecule has 1 aromatic carbocycles. The van der Waals surface area contributed by atoms with Gasteiger partial charge in [0.25, 0.3) is 0 Å². The van der Waals surface area contributed by atoms with Crippen LogP contribution in [0.5, 0.6) is 0 Å². The highest BCUT2D eigenvalue weighted by Gasteiger charge is 2.17. The summed E-state index contributed by atoms with van der Waals surface area (Å²) in [6.07, 6.45) is 10.7. The van der Waals surface area contributed by atoms with Gasteiger partial charge in [-0.1, -0.05) is 6.07 Å². The number of hydrogen-bond acceptors (Lipinski definition) is 4. The van der Waals surface area contributed by atoms with E-state index in [4.69, 9.17) is 4.42 Å². The number of amides is 1. The van der Waals surface area contributed by atoms with Crippen molar-refractivity contribution >= 4 is 40.9 Å². The summed E-state index contributed by atoms with van der Waals surface area (Å²) in [5, 5.41) is 1.11. The van der Waals surface area contributed by atoms with E-state index in [9.17, 15) is 4.79 Å². The van der Waals surface area contributed by atoms with Gasteiger partial charge < -0.3 is 9.32 Å². The third kappa shape index (κ3) is 3.82. The molecule has 2 aromatic rings. The number of fused-ring (bicyclic) bond motifs is 1. The molecule has 2 aliphatic rings. The molecule has 1 aromatic heterocycles. The molecule has 3 heterocycles. The highest BCUT2D eigenvalue weighted by molar-refractivity contribution is 8.04. The Morgan fingerprint density at radius 2 is 2.16 bits per heavy atom. The van der Waals surface area contributed by atoms with E-state index in [0.29, 0.717) is 6.42 Å². The van der Waals surface area contributed by atoms with E-state index in [1.54, 1.807) is 18.0 Å². The Balaban J connectivity index is 1.48. The quantitative estimate of drug-likeness (QED) is 0.812. The van der Waals surface area contributed by atoms with Crippen LogP contribution >= 0.6 is 11.8 Å². The lowest BCUT2D eigenvalue weighted by atomic mass is 10.0. The molecule has 2 aliphatic heterocycles. The SMILES string of the molecule is O=C(CCc1coc2ccc(C=C3C=NCS3)cc12)N1CCCCC1. The molecule has 0 atom stereocenters. The fourth-order valence-corrected chi connectivity index (χ4v) is 4.11. The summed E-state index contributed by atoms with van der Waals surface area (Å²) in [5.41, 5.74) is 3.15. The monoisotopic (exact) mass is 354 g/mol. The Labute approximate surface area is 152 Å². The van der Waals surface area contributed by atoms with Crippen LogP contribution < -0.4 is 0 Å². The fourth-order valence-electron chi connectivity index (χ4n) is 3.45. The third-order valence-corrected chi connectivity index (χ3v) is 5.66. The molecular formula is C20H22N2O2S. The lowest BCUT2D eigenvalue weighted by Crippen LogP contribution is -2.35. The van der Waals surface area contributed by atoms with E-state index >= 15 is 0 Å². The molecule has 1 amide bonds. The van der Waals surface area contributed by atoms with E-state index in [2.05, 4.69) is 23.2 Å². The molecule has 5 heteroatoms. The molecule has 4 rings (SSSR count). The standard InChI is InChI=1S/C20H22N2O2S/c23-20(22-8-2-1-3-9-22)7-5-16-13-24-19-6-4-15(11-18(16)19)10-17-12-21-14-25-17/h4,6,10-13H,1-3,5,7-9,14H2. The second kappa shape index (κ2) is 7.48. The molecule has 1 saturated heterocycles. The van der Waals surface area contributed by atoms with Crippen molar-refractivity contribution in [3.8, 4) is 0 Å². The van der Waals surface area contributed by atoms with Crippen molar-refractivity contribution < 1.29 is 9.21 Å². The minimum Gasteiger partial charge on any atom is -0.464 e. The van der Waals surface area contributed by atoms with Crippen LogP contribution in [0.1, 0.15) is 36.8 Å². The fraction of sp³-hybridized carbons (Fsp3) is 0.400. The minimum absolute atomic E-state index is 0.269. The van der Waals surface area contributed by atoms with Crippen molar-refractivity contribution in [1.29, 1.82) is 0 Å². The van der Waals surface area contributed by atoms with Crippen molar-refractivity contribution in [2.24, 2.45) is 4.99 Å². The first-order valence-electron chi connectivity index (χ1n) is 8.92. The van der Waals surface area contributed by atoms with Crippen LogP contribution in [0.25, 0.3) is 17.0 Å². The van der Waals surface area contributed by atoms with Gasteiger partial charge in [0.1, 0.15) is 5.58 Å². The van der Waals surface area contributed by atoms with Gasteiger partial charge in [0.2, 0.25) is 5.91 Å². The largest absolute Gasteiger partial charge is 0.464 e. The Hall–Kier alpha value is -2.01. The number of piperidine rings is 1. The molecule has 0 radical (unpaired) electrons. The summed E-state index contributed by atoms with van der Waals surface area (Å²) in [7, 11) is 0. The number of likely N-dealkylation sites (tertiary alicyclic amines) is 1. The molecule has 25 heavy (non-hydrogen) atoms. The molecule has 0 spiro atoms. The van der Waals surface area contributed by atoms with Crippen molar-refractivity contribution in [2.75, 3.05) is 19.0 Å². The Bertz CT molecular complexity index is 831. The molecular weight excluding hydrogens is 332 g/mol. The van der Waals surface area contributed by atoms with Gasteiger partial charge in [-0.2, -0.15) is 0 Å². The molecule has 0 N–H and O–H groups in total. The highest BCUT2D eigenvalue weighted by atomic mass is 32.2. The zero-order valence-corrected chi connectivity index (χ0v) is 15.1. The first-order valence-corrected chi connectivity index (χ1v) is 9.90. The number of carbonyl (C=O) groups is 1. The lowest BCUT2D eigenvalue weighted by Gasteiger charge is -2.26. The maximum absolute atomic E-state index is 12.4. The van der Waals surface area contributed by atoms with E-state index in [1.165, 1.54) is 11.3 Å². The summed E-state index contributed by atoms with van der Waals surface area (Å²) in [6, 6.07) is 6.22. The second-order valence-electron chi connectivity index (χ2n) is 6.59. The number of hydrogen-bond donors (Lipinski definition) is 0. The molecule has 0 saturated carbocycles. The summed E-state index contributed by atoms with van der Waals surface area (Å²) in [6.45, 7) is 1.84. The van der Waals surface area contributed by atoms with Gasteiger partial charge in [0, 0.05) is 36.0 Å². The van der Waals surface area contributed by atoms with Crippen molar-refractivity contribution in [3.05, 3.63) is 40.5 Å². The van der Waals surface area contributed by atoms with Gasteiger partial charge in [0.05, 0.1) is 12.1 Å². The number of thioether (sulfide) groups is 1. The van der Waals surface area contributed by atoms with Crippen molar-refractivity contribution in [3.63, 3.8) is 0 Å².